The second kappa shape index (κ2) is 9.35. The van der Waals surface area contributed by atoms with Gasteiger partial charge in [0.15, 0.2) is 0 Å². The van der Waals surface area contributed by atoms with Crippen molar-refractivity contribution < 1.29 is 9.84 Å². The number of rotatable bonds is 10. The van der Waals surface area contributed by atoms with Gasteiger partial charge in [-0.15, -0.1) is 0 Å². The lowest BCUT2D eigenvalue weighted by atomic mass is 10.0. The van der Waals surface area contributed by atoms with Gasteiger partial charge in [-0.3, -0.25) is 4.90 Å². The van der Waals surface area contributed by atoms with E-state index in [-0.39, 0.29) is 0 Å². The number of likely N-dealkylation sites (N-methyl/N-ethyl adjacent to an activating group) is 1. The van der Waals surface area contributed by atoms with Gasteiger partial charge in [0, 0.05) is 43.4 Å². The lowest BCUT2D eigenvalue weighted by Crippen LogP contribution is -2.42. The van der Waals surface area contributed by atoms with Crippen molar-refractivity contribution in [3.8, 4) is 5.88 Å². The highest BCUT2D eigenvalue weighted by atomic mass is 16.5. The van der Waals surface area contributed by atoms with Crippen LogP contribution in [0.3, 0.4) is 0 Å². The summed E-state index contributed by atoms with van der Waals surface area (Å²) in [5.41, 5.74) is 0.301. The van der Waals surface area contributed by atoms with Crippen LogP contribution < -0.4 is 4.74 Å². The van der Waals surface area contributed by atoms with Crippen molar-refractivity contribution in [2.45, 2.75) is 65.3 Å². The number of hydrogen-bond donors (Lipinski definition) is 1. The Labute approximate surface area is 147 Å². The Balaban J connectivity index is 2.58. The van der Waals surface area contributed by atoms with E-state index >= 15 is 0 Å². The van der Waals surface area contributed by atoms with Crippen molar-refractivity contribution in [1.82, 2.24) is 14.8 Å². The van der Waals surface area contributed by atoms with E-state index in [4.69, 9.17) is 4.74 Å². The third-order valence-corrected chi connectivity index (χ3v) is 4.50. The monoisotopic (exact) mass is 337 g/mol. The molecule has 0 bridgehead atoms. The molecule has 24 heavy (non-hydrogen) atoms. The molecule has 0 aromatic carbocycles. The summed E-state index contributed by atoms with van der Waals surface area (Å²) in [5.74, 6) is 0.665. The molecule has 0 aliphatic carbocycles. The molecule has 0 spiro atoms. The molecule has 138 valence electrons. The number of pyridine rings is 1. The molecule has 0 aliphatic heterocycles. The fourth-order valence-corrected chi connectivity index (χ4v) is 2.29. The van der Waals surface area contributed by atoms with Crippen LogP contribution >= 0.6 is 0 Å². The molecule has 1 unspecified atom stereocenters. The molecule has 0 amide bonds. The summed E-state index contributed by atoms with van der Waals surface area (Å²) in [6.45, 7) is 12.3. The molecule has 0 saturated carbocycles. The summed E-state index contributed by atoms with van der Waals surface area (Å²) in [6.07, 6.45) is 2.32. The maximum absolute atomic E-state index is 10.5. The summed E-state index contributed by atoms with van der Waals surface area (Å²) in [4.78, 5) is 8.75. The van der Waals surface area contributed by atoms with Gasteiger partial charge in [0.2, 0.25) is 5.88 Å². The third kappa shape index (κ3) is 7.16. The second-order valence-electron chi connectivity index (χ2n) is 7.58. The van der Waals surface area contributed by atoms with Crippen LogP contribution in [-0.4, -0.2) is 64.8 Å². The number of aliphatic hydroxyl groups is 1. The van der Waals surface area contributed by atoms with E-state index in [1.54, 1.807) is 6.20 Å². The molecule has 1 aromatic rings. The van der Waals surface area contributed by atoms with E-state index in [1.807, 2.05) is 26.1 Å². The van der Waals surface area contributed by atoms with E-state index in [9.17, 15) is 5.11 Å². The highest BCUT2D eigenvalue weighted by molar-refractivity contribution is 5.25. The van der Waals surface area contributed by atoms with Crippen molar-refractivity contribution in [2.75, 3.05) is 27.2 Å². The predicted octanol–water partition coefficient (Wildman–Crippen LogP) is 2.78. The van der Waals surface area contributed by atoms with E-state index in [0.29, 0.717) is 37.5 Å². The molecule has 1 N–H and O–H groups in total. The van der Waals surface area contributed by atoms with Gasteiger partial charge in [-0.25, -0.2) is 4.98 Å². The fraction of sp³-hybridized carbons (Fsp3) is 0.737. The Hall–Kier alpha value is -1.17. The number of ether oxygens (including phenoxy) is 1. The number of aromatic nitrogens is 1. The van der Waals surface area contributed by atoms with Gasteiger partial charge in [-0.1, -0.05) is 6.07 Å². The molecular weight excluding hydrogens is 302 g/mol. The van der Waals surface area contributed by atoms with Crippen molar-refractivity contribution in [3.63, 3.8) is 0 Å². The minimum Gasteiger partial charge on any atom is -0.477 e. The first-order valence-corrected chi connectivity index (χ1v) is 8.82. The van der Waals surface area contributed by atoms with Crippen LogP contribution in [0.25, 0.3) is 0 Å². The SMILES string of the molecule is CC(C)N(C)Cc1cccnc1OCCC(C)(O)CN(C)C(C)C. The van der Waals surface area contributed by atoms with Crippen LogP contribution in [0.5, 0.6) is 5.88 Å². The fourth-order valence-electron chi connectivity index (χ4n) is 2.29. The zero-order valence-corrected chi connectivity index (χ0v) is 16.4. The summed E-state index contributed by atoms with van der Waals surface area (Å²) >= 11 is 0. The molecule has 1 rings (SSSR count). The van der Waals surface area contributed by atoms with Gasteiger partial charge in [0.05, 0.1) is 12.2 Å². The Morgan fingerprint density at radius 1 is 1.17 bits per heavy atom. The molecular formula is C19H35N3O2. The molecule has 5 nitrogen and oxygen atoms in total. The van der Waals surface area contributed by atoms with Gasteiger partial charge in [0.1, 0.15) is 0 Å². The molecule has 1 atom stereocenters. The molecule has 5 heteroatoms. The Morgan fingerprint density at radius 3 is 2.38 bits per heavy atom. The Bertz CT molecular complexity index is 489. The number of nitrogens with zero attached hydrogens (tertiary/aromatic N) is 3. The van der Waals surface area contributed by atoms with Gasteiger partial charge in [0.25, 0.3) is 0 Å². The summed E-state index contributed by atoms with van der Waals surface area (Å²) < 4.78 is 5.88. The normalized spacial score (nSPS) is 14.7. The Kier molecular flexibility index (Phi) is 8.13. The standard InChI is InChI=1S/C19H35N3O2/c1-15(2)21(6)13-17-9-8-11-20-18(17)24-12-10-19(5,23)14-22(7)16(3)4/h8-9,11,15-16,23H,10,12-14H2,1-7H3. The van der Waals surface area contributed by atoms with Gasteiger partial charge in [-0.2, -0.15) is 0 Å². The minimum absolute atomic E-state index is 0.409. The second-order valence-corrected chi connectivity index (χ2v) is 7.58. The lowest BCUT2D eigenvalue weighted by Gasteiger charge is -2.31. The van der Waals surface area contributed by atoms with E-state index in [1.165, 1.54) is 0 Å². The lowest BCUT2D eigenvalue weighted by molar-refractivity contribution is 0.00166. The quantitative estimate of drug-likeness (QED) is 0.711. The van der Waals surface area contributed by atoms with Crippen LogP contribution in [0.15, 0.2) is 18.3 Å². The first-order valence-electron chi connectivity index (χ1n) is 8.82. The van der Waals surface area contributed by atoms with E-state index < -0.39 is 5.60 Å². The summed E-state index contributed by atoms with van der Waals surface area (Å²) in [6, 6.07) is 4.85. The maximum Gasteiger partial charge on any atom is 0.217 e. The third-order valence-electron chi connectivity index (χ3n) is 4.50. The minimum atomic E-state index is -0.775. The zero-order valence-electron chi connectivity index (χ0n) is 16.4. The van der Waals surface area contributed by atoms with Gasteiger partial charge in [-0.05, 0) is 54.8 Å². The van der Waals surface area contributed by atoms with Crippen LogP contribution in [0.4, 0.5) is 0 Å². The topological polar surface area (TPSA) is 48.8 Å². The van der Waals surface area contributed by atoms with Crippen molar-refractivity contribution in [3.05, 3.63) is 23.9 Å². The average molecular weight is 338 g/mol. The molecule has 0 fully saturated rings. The Morgan fingerprint density at radius 2 is 1.79 bits per heavy atom. The first-order chi connectivity index (χ1) is 11.1. The smallest absolute Gasteiger partial charge is 0.217 e. The average Bonchev–Trinajstić information content (AvgIpc) is 2.48. The largest absolute Gasteiger partial charge is 0.477 e. The summed E-state index contributed by atoms with van der Waals surface area (Å²) in [5, 5.41) is 10.5. The molecule has 1 aromatic heterocycles. The van der Waals surface area contributed by atoms with Crippen LogP contribution in [-0.2, 0) is 6.54 Å². The van der Waals surface area contributed by atoms with Crippen LogP contribution in [0.2, 0.25) is 0 Å². The molecule has 0 radical (unpaired) electrons. The van der Waals surface area contributed by atoms with Crippen molar-refractivity contribution >= 4 is 0 Å². The van der Waals surface area contributed by atoms with Crippen LogP contribution in [0.1, 0.15) is 46.6 Å². The predicted molar refractivity (Wildman–Crippen MR) is 99.3 cm³/mol. The zero-order chi connectivity index (χ0) is 18.3. The van der Waals surface area contributed by atoms with Crippen molar-refractivity contribution in [1.29, 1.82) is 0 Å². The maximum atomic E-state index is 10.5. The van der Waals surface area contributed by atoms with E-state index in [0.717, 1.165) is 12.1 Å². The summed E-state index contributed by atoms with van der Waals surface area (Å²) in [7, 11) is 4.12. The van der Waals surface area contributed by atoms with Gasteiger partial charge >= 0.3 is 0 Å². The number of hydrogen-bond acceptors (Lipinski definition) is 5. The van der Waals surface area contributed by atoms with Gasteiger partial charge < -0.3 is 14.7 Å². The van der Waals surface area contributed by atoms with Crippen molar-refractivity contribution in [2.24, 2.45) is 0 Å². The van der Waals surface area contributed by atoms with Crippen LogP contribution in [0, 0.1) is 0 Å². The first kappa shape index (κ1) is 20.9. The molecule has 0 saturated heterocycles. The molecule has 1 heterocycles. The highest BCUT2D eigenvalue weighted by Gasteiger charge is 2.24. The highest BCUT2D eigenvalue weighted by Crippen LogP contribution is 2.19. The van der Waals surface area contributed by atoms with E-state index in [2.05, 4.69) is 49.5 Å². The molecule has 0 aliphatic rings.